The van der Waals surface area contributed by atoms with E-state index in [0.717, 1.165) is 18.9 Å². The molecule has 1 aliphatic rings. The van der Waals surface area contributed by atoms with Crippen LogP contribution in [0.1, 0.15) is 47.0 Å². The Kier molecular flexibility index (Phi) is 4.70. The van der Waals surface area contributed by atoms with Gasteiger partial charge in [0.25, 0.3) is 5.92 Å². The van der Waals surface area contributed by atoms with E-state index in [-0.39, 0.29) is 11.5 Å². The van der Waals surface area contributed by atoms with Crippen LogP contribution in [0.15, 0.2) is 12.2 Å². The number of allylic oxidation sites excluding steroid dienone is 2. The molecule has 1 aliphatic carbocycles. The summed E-state index contributed by atoms with van der Waals surface area (Å²) >= 11 is 0. The van der Waals surface area contributed by atoms with Crippen LogP contribution in [0.2, 0.25) is 0 Å². The number of alkyl halides is 2. The average Bonchev–Trinajstić information content (AvgIpc) is 2.95. The van der Waals surface area contributed by atoms with Crippen molar-refractivity contribution in [2.45, 2.75) is 59.0 Å². The number of ether oxygens (including phenoxy) is 1. The molecule has 0 aromatic carbocycles. The topological polar surface area (TPSA) is 9.23 Å². The van der Waals surface area contributed by atoms with Gasteiger partial charge in [-0.3, -0.25) is 0 Å². The fourth-order valence-corrected chi connectivity index (χ4v) is 1.59. The minimum atomic E-state index is -2.69. The molecule has 0 radical (unpaired) electrons. The molecule has 1 fully saturated rings. The second-order valence-corrected chi connectivity index (χ2v) is 5.80. The molecule has 0 aliphatic heterocycles. The monoisotopic (exact) mass is 246 g/mol. The Morgan fingerprint density at radius 2 is 1.82 bits per heavy atom. The van der Waals surface area contributed by atoms with Gasteiger partial charge in [-0.2, -0.15) is 0 Å². The first-order chi connectivity index (χ1) is 7.77. The summed E-state index contributed by atoms with van der Waals surface area (Å²) in [6.45, 7) is 7.78. The van der Waals surface area contributed by atoms with Crippen LogP contribution in [0, 0.1) is 11.3 Å². The molecule has 0 aromatic heterocycles. The summed E-state index contributed by atoms with van der Waals surface area (Å²) in [4.78, 5) is 0. The fourth-order valence-electron chi connectivity index (χ4n) is 1.59. The molecule has 0 spiro atoms. The van der Waals surface area contributed by atoms with E-state index in [9.17, 15) is 8.78 Å². The molecule has 1 nitrogen and oxygen atoms in total. The zero-order chi connectivity index (χ0) is 13.1. The highest BCUT2D eigenvalue weighted by Gasteiger charge is 2.42. The molecule has 0 atom stereocenters. The molecule has 0 saturated heterocycles. The van der Waals surface area contributed by atoms with E-state index in [1.54, 1.807) is 19.9 Å². The van der Waals surface area contributed by atoms with Crippen LogP contribution in [-0.4, -0.2) is 18.6 Å². The molecule has 0 aromatic rings. The third-order valence-corrected chi connectivity index (χ3v) is 3.34. The van der Waals surface area contributed by atoms with Gasteiger partial charge in [-0.15, -0.1) is 0 Å². The summed E-state index contributed by atoms with van der Waals surface area (Å²) in [7, 11) is 0. The lowest BCUT2D eigenvalue weighted by atomic mass is 10.0. The second kappa shape index (κ2) is 5.47. The van der Waals surface area contributed by atoms with Crippen LogP contribution in [0.3, 0.4) is 0 Å². The fraction of sp³-hybridized carbons (Fsp3) is 0.857. The van der Waals surface area contributed by atoms with Crippen molar-refractivity contribution in [2.75, 3.05) is 6.61 Å². The van der Waals surface area contributed by atoms with Crippen molar-refractivity contribution in [2.24, 2.45) is 11.3 Å². The predicted molar refractivity (Wildman–Crippen MR) is 66.3 cm³/mol. The SMILES string of the molecule is CC(C)OCC1(C/C=C/C(F)(F)C(C)C)CC1. The van der Waals surface area contributed by atoms with Crippen molar-refractivity contribution >= 4 is 0 Å². The summed E-state index contributed by atoms with van der Waals surface area (Å²) in [6, 6.07) is 0. The molecule has 100 valence electrons. The van der Waals surface area contributed by atoms with Crippen LogP contribution in [-0.2, 0) is 4.74 Å². The van der Waals surface area contributed by atoms with Gasteiger partial charge in [0, 0.05) is 5.92 Å². The molecule has 0 heterocycles. The van der Waals surface area contributed by atoms with Crippen molar-refractivity contribution in [3.8, 4) is 0 Å². The lowest BCUT2D eigenvalue weighted by molar-refractivity contribution is 0.00551. The van der Waals surface area contributed by atoms with Crippen LogP contribution < -0.4 is 0 Å². The first-order valence-corrected chi connectivity index (χ1v) is 6.44. The Hall–Kier alpha value is -0.440. The van der Waals surface area contributed by atoms with Gasteiger partial charge >= 0.3 is 0 Å². The molecule has 17 heavy (non-hydrogen) atoms. The van der Waals surface area contributed by atoms with Crippen molar-refractivity contribution in [1.29, 1.82) is 0 Å². The first kappa shape index (κ1) is 14.6. The van der Waals surface area contributed by atoms with Gasteiger partial charge in [0.05, 0.1) is 12.7 Å². The molecule has 0 amide bonds. The van der Waals surface area contributed by atoms with Crippen LogP contribution in [0.25, 0.3) is 0 Å². The highest BCUT2D eigenvalue weighted by Crippen LogP contribution is 2.49. The van der Waals surface area contributed by atoms with Gasteiger partial charge in [-0.25, -0.2) is 8.78 Å². The molecule has 1 saturated carbocycles. The zero-order valence-electron chi connectivity index (χ0n) is 11.3. The van der Waals surface area contributed by atoms with Crippen molar-refractivity contribution in [1.82, 2.24) is 0 Å². The zero-order valence-corrected chi connectivity index (χ0v) is 11.3. The van der Waals surface area contributed by atoms with E-state index in [1.807, 2.05) is 13.8 Å². The van der Waals surface area contributed by atoms with Crippen LogP contribution in [0.4, 0.5) is 8.78 Å². The minimum absolute atomic E-state index is 0.147. The quantitative estimate of drug-likeness (QED) is 0.604. The van der Waals surface area contributed by atoms with Crippen LogP contribution >= 0.6 is 0 Å². The molecule has 0 N–H and O–H groups in total. The van der Waals surface area contributed by atoms with E-state index in [2.05, 4.69) is 0 Å². The lowest BCUT2D eigenvalue weighted by Crippen LogP contribution is -2.20. The van der Waals surface area contributed by atoms with Crippen molar-refractivity contribution in [3.63, 3.8) is 0 Å². The molecular weight excluding hydrogens is 222 g/mol. The van der Waals surface area contributed by atoms with Gasteiger partial charge in [-0.05, 0) is 44.6 Å². The van der Waals surface area contributed by atoms with Crippen molar-refractivity contribution < 1.29 is 13.5 Å². The Morgan fingerprint density at radius 3 is 2.24 bits per heavy atom. The van der Waals surface area contributed by atoms with Gasteiger partial charge < -0.3 is 4.74 Å². The summed E-state index contributed by atoms with van der Waals surface area (Å²) in [5, 5.41) is 0. The van der Waals surface area contributed by atoms with Gasteiger partial charge in [0.1, 0.15) is 0 Å². The Labute approximate surface area is 103 Å². The van der Waals surface area contributed by atoms with E-state index >= 15 is 0 Å². The number of hydrogen-bond donors (Lipinski definition) is 0. The summed E-state index contributed by atoms with van der Waals surface area (Å²) in [5.41, 5.74) is 0.147. The van der Waals surface area contributed by atoms with E-state index in [0.29, 0.717) is 13.0 Å². The standard InChI is InChI=1S/C14H24F2O/c1-11(2)14(15,16)7-5-6-13(8-9-13)10-17-12(3)4/h5,7,11-12H,6,8-10H2,1-4H3/b7-5+. The number of halogens is 2. The summed E-state index contributed by atoms with van der Waals surface area (Å²) < 4.78 is 32.3. The third-order valence-electron chi connectivity index (χ3n) is 3.34. The highest BCUT2D eigenvalue weighted by molar-refractivity contribution is 5.04. The average molecular weight is 246 g/mol. The number of hydrogen-bond acceptors (Lipinski definition) is 1. The van der Waals surface area contributed by atoms with Gasteiger partial charge in [0.15, 0.2) is 0 Å². The first-order valence-electron chi connectivity index (χ1n) is 6.44. The third kappa shape index (κ3) is 4.74. The molecule has 0 unspecified atom stereocenters. The second-order valence-electron chi connectivity index (χ2n) is 5.80. The lowest BCUT2D eigenvalue weighted by Gasteiger charge is -2.18. The maximum Gasteiger partial charge on any atom is 0.268 e. The minimum Gasteiger partial charge on any atom is -0.378 e. The predicted octanol–water partition coefficient (Wildman–Crippen LogP) is 4.43. The maximum atomic E-state index is 13.3. The number of rotatable bonds is 7. The van der Waals surface area contributed by atoms with E-state index in [1.165, 1.54) is 0 Å². The smallest absolute Gasteiger partial charge is 0.268 e. The summed E-state index contributed by atoms with van der Waals surface area (Å²) in [5.74, 6) is -3.32. The molecule has 0 bridgehead atoms. The largest absolute Gasteiger partial charge is 0.378 e. The summed E-state index contributed by atoms with van der Waals surface area (Å²) in [6.07, 6.45) is 5.81. The van der Waals surface area contributed by atoms with Crippen molar-refractivity contribution in [3.05, 3.63) is 12.2 Å². The van der Waals surface area contributed by atoms with Gasteiger partial charge in [0.2, 0.25) is 0 Å². The Morgan fingerprint density at radius 1 is 1.24 bits per heavy atom. The molecule has 1 rings (SSSR count). The van der Waals surface area contributed by atoms with Gasteiger partial charge in [-0.1, -0.05) is 19.9 Å². The Balaban J connectivity index is 2.37. The van der Waals surface area contributed by atoms with E-state index in [4.69, 9.17) is 4.74 Å². The van der Waals surface area contributed by atoms with Crippen LogP contribution in [0.5, 0.6) is 0 Å². The molecular formula is C14H24F2O. The van der Waals surface area contributed by atoms with E-state index < -0.39 is 11.8 Å². The molecule has 3 heteroatoms. The maximum absolute atomic E-state index is 13.3. The highest BCUT2D eigenvalue weighted by atomic mass is 19.3. The normalized spacial score (nSPS) is 19.5. The Bertz CT molecular complexity index is 265.